The Bertz CT molecular complexity index is 511. The van der Waals surface area contributed by atoms with Crippen LogP contribution in [-0.4, -0.2) is 11.5 Å². The molecular formula is C15H23N2+. The van der Waals surface area contributed by atoms with Crippen molar-refractivity contribution in [3.05, 3.63) is 35.0 Å². The van der Waals surface area contributed by atoms with E-state index in [1.807, 2.05) is 0 Å². The summed E-state index contributed by atoms with van der Waals surface area (Å²) in [6, 6.07) is 6.83. The Balaban J connectivity index is 2.54. The topological polar surface area (TPSA) is 43.4 Å². The molecule has 0 bridgehead atoms. The zero-order chi connectivity index (χ0) is 12.4. The second-order valence-electron chi connectivity index (χ2n) is 4.95. The minimum Gasteiger partial charge on any atom is -0.358 e. The summed E-state index contributed by atoms with van der Waals surface area (Å²) in [7, 11) is 0. The molecule has 1 heterocycles. The third kappa shape index (κ3) is 2.22. The highest BCUT2D eigenvalue weighted by Gasteiger charge is 2.10. The number of quaternary nitrogens is 1. The molecule has 2 heteroatoms. The predicted molar refractivity (Wildman–Crippen MR) is 73.2 cm³/mol. The molecule has 0 spiro atoms. The van der Waals surface area contributed by atoms with Crippen molar-refractivity contribution in [2.75, 3.05) is 6.54 Å². The van der Waals surface area contributed by atoms with Crippen molar-refractivity contribution in [1.29, 1.82) is 0 Å². The van der Waals surface area contributed by atoms with Crippen molar-refractivity contribution < 1.29 is 5.73 Å². The largest absolute Gasteiger partial charge is 0.358 e. The Hall–Kier alpha value is -1.28. The minimum absolute atomic E-state index is 0.641. The number of rotatable bonds is 4. The minimum atomic E-state index is 0.641. The van der Waals surface area contributed by atoms with E-state index in [1.54, 1.807) is 0 Å². The van der Waals surface area contributed by atoms with Crippen LogP contribution in [0.2, 0.25) is 0 Å². The Kier molecular flexibility index (Phi) is 3.53. The normalized spacial score (nSPS) is 13.2. The van der Waals surface area contributed by atoms with Gasteiger partial charge < -0.3 is 10.7 Å². The van der Waals surface area contributed by atoms with E-state index in [1.165, 1.54) is 34.1 Å². The maximum atomic E-state index is 3.97. The lowest BCUT2D eigenvalue weighted by molar-refractivity contribution is -0.366. The van der Waals surface area contributed by atoms with Gasteiger partial charge in [0.05, 0.1) is 6.54 Å². The van der Waals surface area contributed by atoms with Crippen molar-refractivity contribution in [3.63, 3.8) is 0 Å². The van der Waals surface area contributed by atoms with E-state index in [0.29, 0.717) is 5.92 Å². The SMILES string of the molecule is CC[C@H](C)c1ccc2[nH]c(C)c(CC[NH3+])c2c1. The Morgan fingerprint density at radius 2 is 2.12 bits per heavy atom. The van der Waals surface area contributed by atoms with Crippen LogP contribution in [0.1, 0.15) is 43.0 Å². The number of hydrogen-bond donors (Lipinski definition) is 2. The fraction of sp³-hybridized carbons (Fsp3) is 0.467. The Morgan fingerprint density at radius 3 is 2.76 bits per heavy atom. The molecule has 2 aromatic rings. The van der Waals surface area contributed by atoms with Gasteiger partial charge in [0.2, 0.25) is 0 Å². The van der Waals surface area contributed by atoms with Crippen molar-refractivity contribution in [2.24, 2.45) is 0 Å². The van der Waals surface area contributed by atoms with Crippen molar-refractivity contribution in [2.45, 2.75) is 39.5 Å². The van der Waals surface area contributed by atoms with Crippen LogP contribution in [-0.2, 0) is 6.42 Å². The van der Waals surface area contributed by atoms with Crippen LogP contribution >= 0.6 is 0 Å². The van der Waals surface area contributed by atoms with Crippen LogP contribution in [0.5, 0.6) is 0 Å². The molecule has 4 N–H and O–H groups in total. The Morgan fingerprint density at radius 1 is 1.35 bits per heavy atom. The van der Waals surface area contributed by atoms with E-state index in [9.17, 15) is 0 Å². The molecule has 1 aromatic heterocycles. The molecule has 0 saturated heterocycles. The molecular weight excluding hydrogens is 208 g/mol. The first-order valence-electron chi connectivity index (χ1n) is 6.57. The summed E-state index contributed by atoms with van der Waals surface area (Å²) in [6.45, 7) is 7.66. The van der Waals surface area contributed by atoms with Crippen LogP contribution in [0.4, 0.5) is 0 Å². The molecule has 0 amide bonds. The molecule has 1 atom stereocenters. The van der Waals surface area contributed by atoms with E-state index in [0.717, 1.165) is 13.0 Å². The van der Waals surface area contributed by atoms with E-state index in [4.69, 9.17) is 0 Å². The fourth-order valence-corrected chi connectivity index (χ4v) is 2.44. The van der Waals surface area contributed by atoms with Gasteiger partial charge in [-0.3, -0.25) is 0 Å². The molecule has 17 heavy (non-hydrogen) atoms. The van der Waals surface area contributed by atoms with Gasteiger partial charge in [-0.1, -0.05) is 19.9 Å². The zero-order valence-corrected chi connectivity index (χ0v) is 11.1. The van der Waals surface area contributed by atoms with Gasteiger partial charge in [0.15, 0.2) is 0 Å². The van der Waals surface area contributed by atoms with Crippen molar-refractivity contribution >= 4 is 10.9 Å². The summed E-state index contributed by atoms with van der Waals surface area (Å²) in [5.41, 5.74) is 9.42. The molecule has 1 aromatic carbocycles. The van der Waals surface area contributed by atoms with Gasteiger partial charge in [-0.15, -0.1) is 0 Å². The van der Waals surface area contributed by atoms with Gasteiger partial charge in [0.25, 0.3) is 0 Å². The number of benzene rings is 1. The van der Waals surface area contributed by atoms with E-state index in [2.05, 4.69) is 49.7 Å². The first kappa shape index (κ1) is 12.2. The standard InChI is InChI=1S/C15H22N2/c1-4-10(2)12-5-6-15-14(9-12)13(7-8-16)11(3)17-15/h5-6,9-10,17H,4,7-8,16H2,1-3H3/p+1/t10-/m0/s1. The zero-order valence-electron chi connectivity index (χ0n) is 11.1. The van der Waals surface area contributed by atoms with Gasteiger partial charge in [0.1, 0.15) is 0 Å². The number of nitrogens with one attached hydrogen (secondary N) is 1. The fourth-order valence-electron chi connectivity index (χ4n) is 2.44. The second-order valence-corrected chi connectivity index (χ2v) is 4.95. The number of fused-ring (bicyclic) bond motifs is 1. The molecule has 0 radical (unpaired) electrons. The number of H-pyrrole nitrogens is 1. The summed E-state index contributed by atoms with van der Waals surface area (Å²) in [5, 5.41) is 1.39. The molecule has 2 nitrogen and oxygen atoms in total. The lowest BCUT2D eigenvalue weighted by Gasteiger charge is -2.09. The highest BCUT2D eigenvalue weighted by Crippen LogP contribution is 2.27. The summed E-state index contributed by atoms with van der Waals surface area (Å²) in [5.74, 6) is 0.641. The van der Waals surface area contributed by atoms with E-state index < -0.39 is 0 Å². The average molecular weight is 231 g/mol. The summed E-state index contributed by atoms with van der Waals surface area (Å²) < 4.78 is 0. The van der Waals surface area contributed by atoms with Crippen molar-refractivity contribution in [1.82, 2.24) is 4.98 Å². The van der Waals surface area contributed by atoms with Crippen LogP contribution in [0, 0.1) is 6.92 Å². The summed E-state index contributed by atoms with van der Waals surface area (Å²) >= 11 is 0. The lowest BCUT2D eigenvalue weighted by atomic mass is 9.96. The first-order chi connectivity index (χ1) is 8.17. The number of aryl methyl sites for hydroxylation is 1. The van der Waals surface area contributed by atoms with Gasteiger partial charge in [0, 0.05) is 23.0 Å². The van der Waals surface area contributed by atoms with Gasteiger partial charge >= 0.3 is 0 Å². The van der Waals surface area contributed by atoms with Crippen LogP contribution in [0.15, 0.2) is 18.2 Å². The smallest absolute Gasteiger partial charge is 0.0781 e. The second kappa shape index (κ2) is 4.92. The van der Waals surface area contributed by atoms with E-state index in [-0.39, 0.29) is 0 Å². The third-order valence-electron chi connectivity index (χ3n) is 3.75. The van der Waals surface area contributed by atoms with Crippen LogP contribution in [0.25, 0.3) is 10.9 Å². The predicted octanol–water partition coefficient (Wildman–Crippen LogP) is 2.77. The third-order valence-corrected chi connectivity index (χ3v) is 3.75. The number of aromatic nitrogens is 1. The van der Waals surface area contributed by atoms with E-state index >= 15 is 0 Å². The number of aromatic amines is 1. The highest BCUT2D eigenvalue weighted by molar-refractivity contribution is 5.85. The molecule has 0 aliphatic heterocycles. The quantitative estimate of drug-likeness (QED) is 0.812. The molecule has 2 rings (SSSR count). The average Bonchev–Trinajstić information content (AvgIpc) is 2.65. The molecule has 0 unspecified atom stereocenters. The maximum absolute atomic E-state index is 3.97. The molecule has 0 saturated carbocycles. The molecule has 0 fully saturated rings. The summed E-state index contributed by atoms with van der Waals surface area (Å²) in [6.07, 6.45) is 2.26. The molecule has 0 aliphatic carbocycles. The van der Waals surface area contributed by atoms with Gasteiger partial charge in [-0.05, 0) is 42.5 Å². The van der Waals surface area contributed by atoms with Crippen LogP contribution in [0.3, 0.4) is 0 Å². The monoisotopic (exact) mass is 231 g/mol. The lowest BCUT2D eigenvalue weighted by Crippen LogP contribution is -2.51. The molecule has 0 aliphatic rings. The molecule has 92 valence electrons. The van der Waals surface area contributed by atoms with Crippen molar-refractivity contribution in [3.8, 4) is 0 Å². The number of hydrogen-bond acceptors (Lipinski definition) is 0. The Labute approximate surface area is 103 Å². The van der Waals surface area contributed by atoms with Gasteiger partial charge in [-0.2, -0.15) is 0 Å². The highest BCUT2D eigenvalue weighted by atomic mass is 14.7. The van der Waals surface area contributed by atoms with Gasteiger partial charge in [-0.25, -0.2) is 0 Å². The maximum Gasteiger partial charge on any atom is 0.0781 e. The first-order valence-corrected chi connectivity index (χ1v) is 6.57. The summed E-state index contributed by atoms with van der Waals surface area (Å²) in [4.78, 5) is 3.47. The van der Waals surface area contributed by atoms with Crippen LogP contribution < -0.4 is 5.73 Å².